The number of benzene rings is 2. The van der Waals surface area contributed by atoms with Gasteiger partial charge in [-0.3, -0.25) is 0 Å². The molecule has 0 atom stereocenters. The van der Waals surface area contributed by atoms with E-state index in [0.29, 0.717) is 11.4 Å². The molecule has 20 heavy (non-hydrogen) atoms. The first kappa shape index (κ1) is 14.4. The number of nitrogens with two attached hydrogens (primary N) is 1. The van der Waals surface area contributed by atoms with Crippen LogP contribution in [-0.2, 0) is 0 Å². The summed E-state index contributed by atoms with van der Waals surface area (Å²) < 4.78 is 13.0. The molecule has 0 spiro atoms. The largest absolute Gasteiger partial charge is 0.399 e. The minimum Gasteiger partial charge on any atom is -0.399 e. The highest BCUT2D eigenvalue weighted by atomic mass is 35.5. The maximum absolute atomic E-state index is 13.0. The molecule has 0 aliphatic carbocycles. The summed E-state index contributed by atoms with van der Waals surface area (Å²) in [6, 6.07) is 8.20. The fourth-order valence-corrected chi connectivity index (χ4v) is 2.11. The Bertz CT molecular complexity index is 641. The van der Waals surface area contributed by atoms with Crippen LogP contribution in [0.1, 0.15) is 0 Å². The number of hydrogen-bond donors (Lipinski definition) is 3. The normalized spacial score (nSPS) is 10.2. The molecule has 0 bridgehead atoms. The first-order valence-electron chi connectivity index (χ1n) is 5.54. The second-order valence-corrected chi connectivity index (χ2v) is 4.76. The summed E-state index contributed by atoms with van der Waals surface area (Å²) in [6.45, 7) is 0. The molecule has 104 valence electrons. The number of halogens is 3. The molecule has 7 heteroatoms. The topological polar surface area (TPSA) is 67.1 Å². The van der Waals surface area contributed by atoms with Crippen LogP contribution in [0.4, 0.5) is 26.2 Å². The molecule has 0 unspecified atom stereocenters. The van der Waals surface area contributed by atoms with Gasteiger partial charge in [-0.15, -0.1) is 0 Å². The first-order chi connectivity index (χ1) is 9.45. The highest BCUT2D eigenvalue weighted by Crippen LogP contribution is 2.31. The third-order valence-electron chi connectivity index (χ3n) is 2.39. The molecule has 2 rings (SSSR count). The first-order valence-corrected chi connectivity index (χ1v) is 6.29. The van der Waals surface area contributed by atoms with Crippen molar-refractivity contribution in [1.29, 1.82) is 0 Å². The maximum Gasteiger partial charge on any atom is 0.323 e. The summed E-state index contributed by atoms with van der Waals surface area (Å²) in [4.78, 5) is 11.8. The van der Waals surface area contributed by atoms with Gasteiger partial charge in [0.05, 0.1) is 15.7 Å². The smallest absolute Gasteiger partial charge is 0.323 e. The van der Waals surface area contributed by atoms with Crippen LogP contribution in [0.5, 0.6) is 0 Å². The van der Waals surface area contributed by atoms with E-state index in [1.807, 2.05) is 0 Å². The Balaban J connectivity index is 2.13. The molecule has 2 aromatic rings. The third kappa shape index (κ3) is 3.53. The monoisotopic (exact) mass is 313 g/mol. The molecule has 4 N–H and O–H groups in total. The lowest BCUT2D eigenvalue weighted by Gasteiger charge is -2.11. The lowest BCUT2D eigenvalue weighted by Crippen LogP contribution is -2.20. The van der Waals surface area contributed by atoms with Crippen molar-refractivity contribution in [1.82, 2.24) is 0 Å². The van der Waals surface area contributed by atoms with E-state index >= 15 is 0 Å². The van der Waals surface area contributed by atoms with Gasteiger partial charge >= 0.3 is 6.03 Å². The molecular weight excluding hydrogens is 304 g/mol. The van der Waals surface area contributed by atoms with Crippen LogP contribution in [0.15, 0.2) is 36.4 Å². The van der Waals surface area contributed by atoms with E-state index in [1.54, 1.807) is 24.3 Å². The number of anilines is 3. The van der Waals surface area contributed by atoms with Crippen molar-refractivity contribution in [2.75, 3.05) is 16.4 Å². The van der Waals surface area contributed by atoms with Gasteiger partial charge in [0.25, 0.3) is 0 Å². The van der Waals surface area contributed by atoms with Crippen LogP contribution in [0, 0.1) is 5.82 Å². The second kappa shape index (κ2) is 5.98. The summed E-state index contributed by atoms with van der Waals surface area (Å²) in [7, 11) is 0. The van der Waals surface area contributed by atoms with Crippen LogP contribution in [0.3, 0.4) is 0 Å². The average molecular weight is 314 g/mol. The van der Waals surface area contributed by atoms with E-state index in [0.717, 1.165) is 12.1 Å². The quantitative estimate of drug-likeness (QED) is 0.721. The summed E-state index contributed by atoms with van der Waals surface area (Å²) >= 11 is 11.6. The van der Waals surface area contributed by atoms with Crippen molar-refractivity contribution in [3.63, 3.8) is 0 Å². The summed E-state index contributed by atoms with van der Waals surface area (Å²) in [5.41, 5.74) is 6.76. The minimum absolute atomic E-state index is 0.0118. The molecule has 0 fully saturated rings. The second-order valence-electron chi connectivity index (χ2n) is 3.95. The van der Waals surface area contributed by atoms with Gasteiger partial charge in [-0.25, -0.2) is 9.18 Å². The molecule has 2 amide bonds. The highest BCUT2D eigenvalue weighted by molar-refractivity contribution is 6.39. The Kier molecular flexibility index (Phi) is 4.32. The lowest BCUT2D eigenvalue weighted by molar-refractivity contribution is 0.262. The molecular formula is C13H10Cl2FN3O. The van der Waals surface area contributed by atoms with E-state index in [4.69, 9.17) is 28.9 Å². The van der Waals surface area contributed by atoms with Crippen molar-refractivity contribution in [2.24, 2.45) is 0 Å². The fourth-order valence-electron chi connectivity index (χ4n) is 1.55. The average Bonchev–Trinajstić information content (AvgIpc) is 2.33. The molecule has 4 nitrogen and oxygen atoms in total. The zero-order valence-corrected chi connectivity index (χ0v) is 11.6. The van der Waals surface area contributed by atoms with Gasteiger partial charge in [0, 0.05) is 11.4 Å². The van der Waals surface area contributed by atoms with E-state index in [-0.39, 0.29) is 15.7 Å². The summed E-state index contributed by atoms with van der Waals surface area (Å²) in [5, 5.41) is 5.03. The summed E-state index contributed by atoms with van der Waals surface area (Å²) in [6.07, 6.45) is 0. The van der Waals surface area contributed by atoms with E-state index in [9.17, 15) is 9.18 Å². The van der Waals surface area contributed by atoms with Gasteiger partial charge in [-0.2, -0.15) is 0 Å². The maximum atomic E-state index is 13.0. The number of nitrogens with one attached hydrogen (secondary N) is 2. The van der Waals surface area contributed by atoms with Gasteiger partial charge in [0.1, 0.15) is 5.82 Å². The minimum atomic E-state index is -0.582. The van der Waals surface area contributed by atoms with Gasteiger partial charge in [-0.1, -0.05) is 29.3 Å². The fraction of sp³-hybridized carbons (Fsp3) is 0. The van der Waals surface area contributed by atoms with E-state index in [1.165, 1.54) is 0 Å². The van der Waals surface area contributed by atoms with Crippen molar-refractivity contribution in [3.05, 3.63) is 52.3 Å². The van der Waals surface area contributed by atoms with Crippen LogP contribution >= 0.6 is 23.2 Å². The number of rotatable bonds is 2. The number of nitrogen functional groups attached to an aromatic ring is 1. The van der Waals surface area contributed by atoms with E-state index in [2.05, 4.69) is 10.6 Å². The molecule has 0 aliphatic heterocycles. The zero-order valence-electron chi connectivity index (χ0n) is 10.1. The number of amides is 2. The lowest BCUT2D eigenvalue weighted by atomic mass is 10.3. The molecule has 0 radical (unpaired) electrons. The van der Waals surface area contributed by atoms with Crippen LogP contribution in [-0.4, -0.2) is 6.03 Å². The van der Waals surface area contributed by atoms with E-state index < -0.39 is 11.8 Å². The van der Waals surface area contributed by atoms with Gasteiger partial charge < -0.3 is 16.4 Å². The Morgan fingerprint density at radius 3 is 2.35 bits per heavy atom. The van der Waals surface area contributed by atoms with Crippen molar-refractivity contribution in [2.45, 2.75) is 0 Å². The zero-order chi connectivity index (χ0) is 14.7. The Hall–Kier alpha value is -1.98. The van der Waals surface area contributed by atoms with Gasteiger partial charge in [0.15, 0.2) is 0 Å². The molecule has 0 aromatic heterocycles. The molecule has 0 heterocycles. The number of carbonyl (C=O) groups excluding carboxylic acids is 1. The molecule has 0 saturated heterocycles. The van der Waals surface area contributed by atoms with Crippen molar-refractivity contribution >= 4 is 46.3 Å². The predicted octanol–water partition coefficient (Wildman–Crippen LogP) is 4.36. The molecule has 0 saturated carbocycles. The SMILES string of the molecule is Nc1cccc(NC(=O)Nc2c(Cl)cc(F)cc2Cl)c1. The molecule has 2 aromatic carbocycles. The Morgan fingerprint density at radius 2 is 1.75 bits per heavy atom. The highest BCUT2D eigenvalue weighted by Gasteiger charge is 2.11. The third-order valence-corrected chi connectivity index (χ3v) is 2.99. The molecule has 0 aliphatic rings. The van der Waals surface area contributed by atoms with Crippen LogP contribution in [0.2, 0.25) is 10.0 Å². The number of carbonyl (C=O) groups is 1. The Labute approximate surface area is 124 Å². The number of urea groups is 1. The standard InChI is InChI=1S/C13H10Cl2FN3O/c14-10-4-7(16)5-11(15)12(10)19-13(20)18-9-3-1-2-8(17)6-9/h1-6H,17H2,(H2,18,19,20). The summed E-state index contributed by atoms with van der Waals surface area (Å²) in [5.74, 6) is -0.582. The van der Waals surface area contributed by atoms with Crippen molar-refractivity contribution in [3.8, 4) is 0 Å². The van der Waals surface area contributed by atoms with Crippen molar-refractivity contribution < 1.29 is 9.18 Å². The predicted molar refractivity (Wildman–Crippen MR) is 79.9 cm³/mol. The van der Waals surface area contributed by atoms with Crippen LogP contribution in [0.25, 0.3) is 0 Å². The Morgan fingerprint density at radius 1 is 1.10 bits per heavy atom. The van der Waals surface area contributed by atoms with Gasteiger partial charge in [-0.05, 0) is 30.3 Å². The van der Waals surface area contributed by atoms with Gasteiger partial charge in [0.2, 0.25) is 0 Å². The van der Waals surface area contributed by atoms with Crippen LogP contribution < -0.4 is 16.4 Å². The number of hydrogen-bond acceptors (Lipinski definition) is 2.